The first-order chi connectivity index (χ1) is 17.1. The second-order valence-electron chi connectivity index (χ2n) is 9.16. The molecule has 0 aliphatic heterocycles. The van der Waals surface area contributed by atoms with E-state index in [0.29, 0.717) is 30.9 Å². The van der Waals surface area contributed by atoms with Crippen molar-refractivity contribution in [1.29, 1.82) is 0 Å². The third-order valence-electron chi connectivity index (χ3n) is 6.20. The molecule has 1 atom stereocenters. The predicted molar refractivity (Wildman–Crippen MR) is 128 cm³/mol. The van der Waals surface area contributed by atoms with Crippen molar-refractivity contribution in [3.05, 3.63) is 29.6 Å². The Hall–Kier alpha value is -2.44. The lowest BCUT2D eigenvalue weighted by atomic mass is 10.1. The van der Waals surface area contributed by atoms with Crippen molar-refractivity contribution in [2.45, 2.75) is 57.5 Å². The quantitative estimate of drug-likeness (QED) is 0.209. The Labute approximate surface area is 211 Å². The number of benzene rings is 1. The minimum absolute atomic E-state index is 0.0351. The molecule has 1 amide bonds. The summed E-state index contributed by atoms with van der Waals surface area (Å²) in [5.74, 6) is -0.682. The van der Waals surface area contributed by atoms with Crippen LogP contribution in [0.5, 0.6) is 5.75 Å². The predicted octanol–water partition coefficient (Wildman–Crippen LogP) is 2.91. The molecule has 1 aromatic carbocycles. The molecule has 36 heavy (non-hydrogen) atoms. The van der Waals surface area contributed by atoms with Crippen LogP contribution in [0.3, 0.4) is 0 Å². The van der Waals surface area contributed by atoms with Crippen LogP contribution in [0.4, 0.5) is 9.18 Å². The number of carbonyl (C=O) groups is 2. The highest BCUT2D eigenvalue weighted by Crippen LogP contribution is 2.47. The Morgan fingerprint density at radius 3 is 2.61 bits per heavy atom. The molecule has 0 radical (unpaired) electrons. The van der Waals surface area contributed by atoms with Crippen LogP contribution < -0.4 is 9.46 Å². The number of methoxy groups -OCH3 is 1. The molecule has 0 unspecified atom stereocenters. The van der Waals surface area contributed by atoms with Gasteiger partial charge in [-0.1, -0.05) is 6.07 Å². The molecular weight excluding hydrogens is 495 g/mol. The Bertz CT molecular complexity index is 1030. The number of esters is 1. The zero-order chi connectivity index (χ0) is 26.3. The number of halogens is 1. The van der Waals surface area contributed by atoms with Crippen molar-refractivity contribution in [3.63, 3.8) is 0 Å². The zero-order valence-corrected chi connectivity index (χ0v) is 21.8. The van der Waals surface area contributed by atoms with E-state index in [1.165, 1.54) is 20.1 Å². The SMILES string of the molecule is CCOC(=O)N(COCCCS(=O)(=O)NC1(c2ccc(F)c(OCC3CC3)c2)CC1)[C@@H](C)C(=O)OC. The third-order valence-corrected chi connectivity index (χ3v) is 7.73. The summed E-state index contributed by atoms with van der Waals surface area (Å²) in [5.41, 5.74) is -0.0849. The van der Waals surface area contributed by atoms with E-state index in [0.717, 1.165) is 17.7 Å². The number of hydrogen-bond donors (Lipinski definition) is 1. The number of ether oxygens (including phenoxy) is 4. The second-order valence-corrected chi connectivity index (χ2v) is 11.0. The Morgan fingerprint density at radius 2 is 2.00 bits per heavy atom. The van der Waals surface area contributed by atoms with Crippen molar-refractivity contribution in [2.24, 2.45) is 5.92 Å². The normalized spacial score (nSPS) is 17.2. The van der Waals surface area contributed by atoms with Gasteiger partial charge in [0, 0.05) is 6.61 Å². The molecule has 2 aliphatic rings. The van der Waals surface area contributed by atoms with Gasteiger partial charge in [-0.05, 0) is 69.6 Å². The molecule has 2 aliphatic carbocycles. The maximum atomic E-state index is 14.2. The first-order valence-corrected chi connectivity index (χ1v) is 13.8. The number of hydrogen-bond acceptors (Lipinski definition) is 8. The molecule has 2 saturated carbocycles. The first kappa shape index (κ1) is 28.1. The molecule has 0 aromatic heterocycles. The summed E-state index contributed by atoms with van der Waals surface area (Å²) >= 11 is 0. The number of carbonyl (C=O) groups excluding carboxylic acids is 2. The van der Waals surface area contributed by atoms with Gasteiger partial charge in [0.05, 0.1) is 31.6 Å². The number of amides is 1. The van der Waals surface area contributed by atoms with E-state index in [-0.39, 0.29) is 37.9 Å². The Kier molecular flexibility index (Phi) is 9.53. The largest absolute Gasteiger partial charge is 0.490 e. The van der Waals surface area contributed by atoms with Crippen LogP contribution in [-0.4, -0.2) is 70.8 Å². The van der Waals surface area contributed by atoms with Crippen molar-refractivity contribution in [3.8, 4) is 5.75 Å². The van der Waals surface area contributed by atoms with E-state index in [1.807, 2.05) is 0 Å². The van der Waals surface area contributed by atoms with Crippen LogP contribution in [0, 0.1) is 11.7 Å². The highest BCUT2D eigenvalue weighted by Gasteiger charge is 2.47. The maximum absolute atomic E-state index is 14.2. The van der Waals surface area contributed by atoms with Crippen LogP contribution in [0.2, 0.25) is 0 Å². The highest BCUT2D eigenvalue weighted by molar-refractivity contribution is 7.89. The molecule has 1 aromatic rings. The summed E-state index contributed by atoms with van der Waals surface area (Å²) in [6, 6.07) is 3.56. The van der Waals surface area contributed by atoms with E-state index in [2.05, 4.69) is 9.46 Å². The van der Waals surface area contributed by atoms with Crippen molar-refractivity contribution in [2.75, 3.05) is 39.4 Å². The minimum Gasteiger partial charge on any atom is -0.490 e. The average molecular weight is 531 g/mol. The third kappa shape index (κ3) is 7.78. The summed E-state index contributed by atoms with van der Waals surface area (Å²) in [6.07, 6.45) is 2.81. The van der Waals surface area contributed by atoms with Crippen LogP contribution >= 0.6 is 0 Å². The van der Waals surface area contributed by atoms with Gasteiger partial charge in [-0.2, -0.15) is 0 Å². The molecular formula is C24H35FN2O8S. The molecule has 2 fully saturated rings. The number of nitrogens with zero attached hydrogens (tertiary/aromatic N) is 1. The fourth-order valence-corrected chi connectivity index (χ4v) is 5.19. The van der Waals surface area contributed by atoms with Gasteiger partial charge in [-0.3, -0.25) is 4.90 Å². The molecule has 202 valence electrons. The summed E-state index contributed by atoms with van der Waals surface area (Å²) in [4.78, 5) is 25.0. The lowest BCUT2D eigenvalue weighted by molar-refractivity contribution is -0.147. The van der Waals surface area contributed by atoms with E-state index < -0.39 is 39.5 Å². The summed E-state index contributed by atoms with van der Waals surface area (Å²) < 4.78 is 63.1. The van der Waals surface area contributed by atoms with Crippen LogP contribution in [0.1, 0.15) is 51.5 Å². The van der Waals surface area contributed by atoms with Gasteiger partial charge in [0.25, 0.3) is 0 Å². The highest BCUT2D eigenvalue weighted by atomic mass is 32.2. The molecule has 0 heterocycles. The topological polar surface area (TPSA) is 120 Å². The molecule has 1 N–H and O–H groups in total. The Morgan fingerprint density at radius 1 is 1.28 bits per heavy atom. The van der Waals surface area contributed by atoms with Crippen LogP contribution in [0.25, 0.3) is 0 Å². The number of nitrogens with one attached hydrogen (secondary N) is 1. The van der Waals surface area contributed by atoms with Gasteiger partial charge in [0.2, 0.25) is 10.0 Å². The maximum Gasteiger partial charge on any atom is 0.412 e. The molecule has 3 rings (SSSR count). The molecule has 0 spiro atoms. The van der Waals surface area contributed by atoms with Gasteiger partial charge >= 0.3 is 12.1 Å². The first-order valence-electron chi connectivity index (χ1n) is 12.1. The monoisotopic (exact) mass is 530 g/mol. The lowest BCUT2D eigenvalue weighted by Crippen LogP contribution is -2.45. The molecule has 0 bridgehead atoms. The lowest BCUT2D eigenvalue weighted by Gasteiger charge is -2.26. The van der Waals surface area contributed by atoms with Crippen molar-refractivity contribution in [1.82, 2.24) is 9.62 Å². The summed E-state index contributed by atoms with van der Waals surface area (Å²) in [6.45, 7) is 3.48. The van der Waals surface area contributed by atoms with E-state index >= 15 is 0 Å². The van der Waals surface area contributed by atoms with E-state index in [1.54, 1.807) is 19.1 Å². The van der Waals surface area contributed by atoms with Gasteiger partial charge in [-0.25, -0.2) is 27.1 Å². The number of rotatable bonds is 15. The summed E-state index contributed by atoms with van der Waals surface area (Å²) in [7, 11) is -2.46. The van der Waals surface area contributed by atoms with Crippen molar-refractivity contribution >= 4 is 22.1 Å². The summed E-state index contributed by atoms with van der Waals surface area (Å²) in [5, 5.41) is 0. The van der Waals surface area contributed by atoms with Gasteiger partial charge in [-0.15, -0.1) is 0 Å². The van der Waals surface area contributed by atoms with Crippen LogP contribution in [-0.2, 0) is 34.6 Å². The average Bonchev–Trinajstić information content (AvgIpc) is 3.77. The standard InChI is InChI=1S/C24H35FN2O8S/c1-4-34-23(29)27(17(2)22(28)32-3)16-33-12-5-13-36(30,31)26-24(10-11-24)19-8-9-20(25)21(14-19)35-15-18-6-7-18/h8-9,14,17-18,26H,4-7,10-13,15-16H2,1-3H3/t17-/m0/s1. The Balaban J connectivity index is 1.49. The van der Waals surface area contributed by atoms with Gasteiger partial charge in [0.1, 0.15) is 12.8 Å². The van der Waals surface area contributed by atoms with Gasteiger partial charge < -0.3 is 18.9 Å². The second kappa shape index (κ2) is 12.2. The van der Waals surface area contributed by atoms with E-state index in [9.17, 15) is 22.4 Å². The fourth-order valence-electron chi connectivity index (χ4n) is 3.67. The molecule has 12 heteroatoms. The van der Waals surface area contributed by atoms with Gasteiger partial charge in [0.15, 0.2) is 11.6 Å². The minimum atomic E-state index is -3.67. The van der Waals surface area contributed by atoms with Crippen LogP contribution in [0.15, 0.2) is 18.2 Å². The molecule has 10 nitrogen and oxygen atoms in total. The van der Waals surface area contributed by atoms with Crippen molar-refractivity contribution < 1.29 is 41.3 Å². The fraction of sp³-hybridized carbons (Fsp3) is 0.667. The molecule has 0 saturated heterocycles. The smallest absolute Gasteiger partial charge is 0.412 e. The van der Waals surface area contributed by atoms with E-state index in [4.69, 9.17) is 14.2 Å². The zero-order valence-electron chi connectivity index (χ0n) is 21.0. The number of sulfonamides is 1.